The number of hydrogen-bond donors (Lipinski definition) is 2. The van der Waals surface area contributed by atoms with Crippen LogP contribution in [0, 0.1) is 17.7 Å². The molecule has 3 fully saturated rings. The van der Waals surface area contributed by atoms with Crippen LogP contribution in [0.25, 0.3) is 10.9 Å². The van der Waals surface area contributed by atoms with Crippen molar-refractivity contribution in [3.63, 3.8) is 0 Å². The number of thioether (sulfide) groups is 1. The van der Waals surface area contributed by atoms with Crippen LogP contribution in [0.1, 0.15) is 50.8 Å². The third-order valence-electron chi connectivity index (χ3n) is 7.91. The van der Waals surface area contributed by atoms with Crippen LogP contribution in [0.4, 0.5) is 4.39 Å². The molecule has 0 amide bonds. The van der Waals surface area contributed by atoms with E-state index in [-0.39, 0.29) is 5.39 Å². The van der Waals surface area contributed by atoms with Crippen molar-refractivity contribution in [2.24, 2.45) is 11.8 Å². The Hall–Kier alpha value is -1.68. The van der Waals surface area contributed by atoms with Crippen molar-refractivity contribution in [1.29, 1.82) is 0 Å². The van der Waals surface area contributed by atoms with Crippen LogP contribution in [0.15, 0.2) is 16.9 Å². The maximum absolute atomic E-state index is 14.8. The second-order valence-electron chi connectivity index (χ2n) is 10.5. The molecule has 0 radical (unpaired) electrons. The Balaban J connectivity index is 1.13. The SMILES string of the molecule is O=c1[nH]c(CSC2CCOCC2)nc2cc(OCC3CCN(CCC4CCNCC4)CC3)cc(F)c12. The van der Waals surface area contributed by atoms with E-state index in [0.717, 1.165) is 57.9 Å². The number of benzene rings is 1. The minimum absolute atomic E-state index is 0.00391. The van der Waals surface area contributed by atoms with Crippen LogP contribution in [0.2, 0.25) is 0 Å². The van der Waals surface area contributed by atoms with Gasteiger partial charge in [0.15, 0.2) is 0 Å². The molecule has 0 spiro atoms. The van der Waals surface area contributed by atoms with Gasteiger partial charge in [-0.2, -0.15) is 11.8 Å². The first-order valence-corrected chi connectivity index (χ1v) is 14.7. The maximum Gasteiger partial charge on any atom is 0.261 e. The van der Waals surface area contributed by atoms with E-state index in [2.05, 4.69) is 20.2 Å². The largest absolute Gasteiger partial charge is 0.493 e. The fraction of sp³-hybridized carbons (Fsp3) is 0.704. The molecule has 0 bridgehead atoms. The quantitative estimate of drug-likeness (QED) is 0.520. The van der Waals surface area contributed by atoms with Crippen molar-refractivity contribution >= 4 is 22.7 Å². The highest BCUT2D eigenvalue weighted by Gasteiger charge is 2.22. The summed E-state index contributed by atoms with van der Waals surface area (Å²) in [6.45, 7) is 7.88. The van der Waals surface area contributed by atoms with E-state index in [4.69, 9.17) is 9.47 Å². The van der Waals surface area contributed by atoms with Crippen molar-refractivity contribution in [2.75, 3.05) is 52.5 Å². The summed E-state index contributed by atoms with van der Waals surface area (Å²) < 4.78 is 26.2. The summed E-state index contributed by atoms with van der Waals surface area (Å²) in [6.07, 6.45) is 8.15. The number of fused-ring (bicyclic) bond motifs is 1. The van der Waals surface area contributed by atoms with Crippen LogP contribution >= 0.6 is 11.8 Å². The van der Waals surface area contributed by atoms with Gasteiger partial charge in [-0.15, -0.1) is 0 Å². The second-order valence-corrected chi connectivity index (χ2v) is 11.8. The zero-order chi connectivity index (χ0) is 24.7. The first kappa shape index (κ1) is 25.9. The van der Waals surface area contributed by atoms with E-state index in [1.54, 1.807) is 17.8 Å². The Morgan fingerprint density at radius 1 is 1.08 bits per heavy atom. The molecule has 7 nitrogen and oxygen atoms in total. The highest BCUT2D eigenvalue weighted by molar-refractivity contribution is 7.99. The van der Waals surface area contributed by atoms with Crippen molar-refractivity contribution < 1.29 is 13.9 Å². The smallest absolute Gasteiger partial charge is 0.261 e. The fourth-order valence-corrected chi connectivity index (χ4v) is 6.62. The number of piperidine rings is 2. The van der Waals surface area contributed by atoms with Crippen LogP contribution < -0.4 is 15.6 Å². The molecule has 3 aliphatic heterocycles. The number of rotatable bonds is 9. The summed E-state index contributed by atoms with van der Waals surface area (Å²) in [6, 6.07) is 3.04. The Bertz CT molecular complexity index is 1050. The molecule has 4 heterocycles. The number of H-pyrrole nitrogens is 1. The maximum atomic E-state index is 14.8. The summed E-state index contributed by atoms with van der Waals surface area (Å²) in [5.41, 5.74) is -0.0625. The molecule has 9 heteroatoms. The minimum atomic E-state index is -0.576. The standard InChI is InChI=1S/C27H39FN4O3S/c28-23-15-21(35-17-20-4-11-32(12-5-20)10-3-19-1-8-29-9-2-19)16-24-26(23)27(33)31-25(30-24)18-36-22-6-13-34-14-7-22/h15-16,19-20,22,29H,1-14,17-18H2,(H,30,31,33). The van der Waals surface area contributed by atoms with Gasteiger partial charge >= 0.3 is 0 Å². The minimum Gasteiger partial charge on any atom is -0.493 e. The van der Waals surface area contributed by atoms with Crippen LogP contribution in [-0.4, -0.2) is 72.7 Å². The van der Waals surface area contributed by atoms with Crippen molar-refractivity contribution in [3.05, 3.63) is 34.1 Å². The van der Waals surface area contributed by atoms with Gasteiger partial charge in [0.2, 0.25) is 0 Å². The van der Waals surface area contributed by atoms with Crippen LogP contribution in [0.5, 0.6) is 5.75 Å². The third kappa shape index (κ3) is 7.00. The molecular formula is C27H39FN4O3S. The van der Waals surface area contributed by atoms with Gasteiger partial charge < -0.3 is 24.7 Å². The molecule has 0 aliphatic carbocycles. The predicted octanol–water partition coefficient (Wildman–Crippen LogP) is 3.95. The molecule has 0 unspecified atom stereocenters. The highest BCUT2D eigenvalue weighted by Crippen LogP contribution is 2.27. The monoisotopic (exact) mass is 518 g/mol. The van der Waals surface area contributed by atoms with Crippen molar-refractivity contribution in [3.8, 4) is 5.75 Å². The fourth-order valence-electron chi connectivity index (χ4n) is 5.57. The molecule has 0 saturated carbocycles. The van der Waals surface area contributed by atoms with Gasteiger partial charge in [-0.05, 0) is 89.5 Å². The summed E-state index contributed by atoms with van der Waals surface area (Å²) in [5.74, 6) is 2.40. The molecule has 36 heavy (non-hydrogen) atoms. The molecule has 1 aromatic carbocycles. The topological polar surface area (TPSA) is 79.5 Å². The summed E-state index contributed by atoms with van der Waals surface area (Å²) in [4.78, 5) is 22.5. The summed E-state index contributed by atoms with van der Waals surface area (Å²) >= 11 is 1.77. The summed E-state index contributed by atoms with van der Waals surface area (Å²) in [7, 11) is 0. The first-order chi connectivity index (χ1) is 17.6. The van der Waals surface area contributed by atoms with Crippen molar-refractivity contribution in [1.82, 2.24) is 20.2 Å². The van der Waals surface area contributed by atoms with Crippen LogP contribution in [0.3, 0.4) is 0 Å². The van der Waals surface area contributed by atoms with Gasteiger partial charge in [0.1, 0.15) is 22.8 Å². The lowest BCUT2D eigenvalue weighted by Crippen LogP contribution is -2.37. The molecule has 3 saturated heterocycles. The Labute approximate surface area is 216 Å². The number of aromatic nitrogens is 2. The molecule has 198 valence electrons. The number of nitrogens with zero attached hydrogens (tertiary/aromatic N) is 2. The molecule has 0 atom stereocenters. The van der Waals surface area contributed by atoms with Crippen LogP contribution in [-0.2, 0) is 10.5 Å². The van der Waals surface area contributed by atoms with Gasteiger partial charge in [-0.25, -0.2) is 9.37 Å². The number of halogens is 1. The van der Waals surface area contributed by atoms with E-state index < -0.39 is 11.4 Å². The zero-order valence-corrected chi connectivity index (χ0v) is 21.9. The Morgan fingerprint density at radius 3 is 2.64 bits per heavy atom. The second kappa shape index (κ2) is 12.7. The number of hydrogen-bond acceptors (Lipinski definition) is 7. The van der Waals surface area contributed by atoms with E-state index in [9.17, 15) is 9.18 Å². The Morgan fingerprint density at radius 2 is 1.86 bits per heavy atom. The van der Waals surface area contributed by atoms with Crippen molar-refractivity contribution in [2.45, 2.75) is 55.9 Å². The normalized spacial score (nSPS) is 21.2. The number of aromatic amines is 1. The van der Waals surface area contributed by atoms with Gasteiger partial charge in [0.25, 0.3) is 5.56 Å². The molecular weight excluding hydrogens is 479 g/mol. The molecule has 2 N–H and O–H groups in total. The van der Waals surface area contributed by atoms with E-state index >= 15 is 0 Å². The van der Waals surface area contributed by atoms with Gasteiger partial charge in [0.05, 0.1) is 17.9 Å². The lowest BCUT2D eigenvalue weighted by molar-refractivity contribution is 0.1000. The Kier molecular flexibility index (Phi) is 9.16. The number of likely N-dealkylation sites (tertiary alicyclic amines) is 1. The highest BCUT2D eigenvalue weighted by atomic mass is 32.2. The molecule has 3 aliphatic rings. The molecule has 1 aromatic heterocycles. The average molecular weight is 519 g/mol. The van der Waals surface area contributed by atoms with Gasteiger partial charge in [-0.1, -0.05) is 0 Å². The lowest BCUT2D eigenvalue weighted by Gasteiger charge is -2.33. The summed E-state index contributed by atoms with van der Waals surface area (Å²) in [5, 5.41) is 3.95. The average Bonchev–Trinajstić information content (AvgIpc) is 2.91. The lowest BCUT2D eigenvalue weighted by atomic mass is 9.93. The third-order valence-corrected chi connectivity index (χ3v) is 9.30. The molecule has 2 aromatic rings. The van der Waals surface area contributed by atoms with E-state index in [0.29, 0.717) is 40.6 Å². The number of ether oxygens (including phenoxy) is 2. The zero-order valence-electron chi connectivity index (χ0n) is 21.1. The van der Waals surface area contributed by atoms with E-state index in [1.807, 2.05) is 0 Å². The first-order valence-electron chi connectivity index (χ1n) is 13.6. The predicted molar refractivity (Wildman–Crippen MR) is 142 cm³/mol. The number of nitrogens with one attached hydrogen (secondary N) is 2. The van der Waals surface area contributed by atoms with Gasteiger partial charge in [0, 0.05) is 30.6 Å². The molecule has 5 rings (SSSR count). The van der Waals surface area contributed by atoms with Gasteiger partial charge in [-0.3, -0.25) is 4.79 Å². The van der Waals surface area contributed by atoms with E-state index in [1.165, 1.54) is 45.0 Å².